The Balaban J connectivity index is 2.65. The van der Waals surface area contributed by atoms with Crippen molar-refractivity contribution >= 4 is 5.97 Å². The molecular weight excluding hydrogens is 170 g/mol. The molecule has 13 heavy (non-hydrogen) atoms. The smallest absolute Gasteiger partial charge is 0.358 e. The minimum absolute atomic E-state index is 0.353. The number of ether oxygens (including phenoxy) is 1. The summed E-state index contributed by atoms with van der Waals surface area (Å²) < 4.78 is 6.45. The summed E-state index contributed by atoms with van der Waals surface area (Å²) in [5.41, 5.74) is 0.413. The first kappa shape index (κ1) is 9.70. The van der Waals surface area contributed by atoms with E-state index in [0.717, 1.165) is 6.42 Å². The molecule has 5 heteroatoms. The van der Waals surface area contributed by atoms with Gasteiger partial charge < -0.3 is 4.74 Å². The highest BCUT2D eigenvalue weighted by Crippen LogP contribution is 1.99. The molecule has 0 bridgehead atoms. The minimum Gasteiger partial charge on any atom is -0.461 e. The lowest BCUT2D eigenvalue weighted by Gasteiger charge is -2.02. The fourth-order valence-corrected chi connectivity index (χ4v) is 0.918. The predicted octanol–water partition coefficient (Wildman–Crippen LogP) is 0.865. The maximum Gasteiger partial charge on any atom is 0.358 e. The SMILES string of the molecule is CCCOC(=O)c1cnnn1CC. The number of rotatable bonds is 4. The monoisotopic (exact) mass is 183 g/mol. The summed E-state index contributed by atoms with van der Waals surface area (Å²) in [5.74, 6) is -0.353. The van der Waals surface area contributed by atoms with E-state index < -0.39 is 0 Å². The van der Waals surface area contributed by atoms with Gasteiger partial charge in [-0.2, -0.15) is 0 Å². The molecule has 0 spiro atoms. The van der Waals surface area contributed by atoms with Crippen LogP contribution in [0.15, 0.2) is 6.20 Å². The number of hydrogen-bond acceptors (Lipinski definition) is 4. The van der Waals surface area contributed by atoms with Crippen molar-refractivity contribution in [1.29, 1.82) is 0 Å². The second-order valence-electron chi connectivity index (χ2n) is 2.57. The van der Waals surface area contributed by atoms with Gasteiger partial charge in [-0.05, 0) is 13.3 Å². The first-order chi connectivity index (χ1) is 6.29. The van der Waals surface area contributed by atoms with Crippen LogP contribution in [-0.4, -0.2) is 27.6 Å². The van der Waals surface area contributed by atoms with E-state index in [9.17, 15) is 4.79 Å². The van der Waals surface area contributed by atoms with Gasteiger partial charge in [0.15, 0.2) is 5.69 Å². The summed E-state index contributed by atoms with van der Waals surface area (Å²) in [5, 5.41) is 7.36. The molecule has 0 fully saturated rings. The lowest BCUT2D eigenvalue weighted by Crippen LogP contribution is -2.12. The average Bonchev–Trinajstić information content (AvgIpc) is 2.61. The lowest BCUT2D eigenvalue weighted by atomic mass is 10.4. The third-order valence-electron chi connectivity index (χ3n) is 1.56. The van der Waals surface area contributed by atoms with E-state index in [-0.39, 0.29) is 5.97 Å². The van der Waals surface area contributed by atoms with Crippen LogP contribution < -0.4 is 0 Å². The third kappa shape index (κ3) is 2.27. The van der Waals surface area contributed by atoms with Crippen molar-refractivity contribution in [1.82, 2.24) is 15.0 Å². The Bertz CT molecular complexity index is 283. The molecular formula is C8H13N3O2. The van der Waals surface area contributed by atoms with E-state index in [4.69, 9.17) is 4.74 Å². The fourth-order valence-electron chi connectivity index (χ4n) is 0.918. The van der Waals surface area contributed by atoms with Crippen molar-refractivity contribution < 1.29 is 9.53 Å². The number of aryl methyl sites for hydroxylation is 1. The van der Waals surface area contributed by atoms with E-state index in [1.807, 2.05) is 13.8 Å². The molecule has 0 radical (unpaired) electrons. The number of nitrogens with zero attached hydrogens (tertiary/aromatic N) is 3. The molecule has 0 saturated heterocycles. The van der Waals surface area contributed by atoms with Gasteiger partial charge >= 0.3 is 5.97 Å². The molecule has 5 nitrogen and oxygen atoms in total. The van der Waals surface area contributed by atoms with E-state index in [0.29, 0.717) is 18.8 Å². The molecule has 1 aromatic heterocycles. The highest BCUT2D eigenvalue weighted by Gasteiger charge is 2.12. The van der Waals surface area contributed by atoms with Gasteiger partial charge in [0.25, 0.3) is 0 Å². The molecule has 0 aliphatic carbocycles. The topological polar surface area (TPSA) is 57.0 Å². The molecule has 0 N–H and O–H groups in total. The number of aromatic nitrogens is 3. The van der Waals surface area contributed by atoms with Gasteiger partial charge in [0, 0.05) is 6.54 Å². The molecule has 1 aromatic rings. The lowest BCUT2D eigenvalue weighted by molar-refractivity contribution is 0.0491. The van der Waals surface area contributed by atoms with Crippen molar-refractivity contribution in [2.75, 3.05) is 6.61 Å². The molecule has 0 unspecified atom stereocenters. The van der Waals surface area contributed by atoms with Gasteiger partial charge in [0.05, 0.1) is 12.8 Å². The Morgan fingerprint density at radius 1 is 1.62 bits per heavy atom. The van der Waals surface area contributed by atoms with Crippen molar-refractivity contribution in [3.05, 3.63) is 11.9 Å². The zero-order chi connectivity index (χ0) is 9.68. The molecule has 72 valence electrons. The van der Waals surface area contributed by atoms with Crippen LogP contribution in [-0.2, 0) is 11.3 Å². The Labute approximate surface area is 76.7 Å². The highest BCUT2D eigenvalue weighted by molar-refractivity contribution is 5.87. The maximum atomic E-state index is 11.3. The van der Waals surface area contributed by atoms with E-state index in [2.05, 4.69) is 10.3 Å². The first-order valence-electron chi connectivity index (χ1n) is 4.35. The Hall–Kier alpha value is -1.39. The van der Waals surface area contributed by atoms with E-state index in [1.165, 1.54) is 10.9 Å². The number of hydrogen-bond donors (Lipinski definition) is 0. The van der Waals surface area contributed by atoms with Crippen LogP contribution in [0.3, 0.4) is 0 Å². The minimum atomic E-state index is -0.353. The molecule has 0 atom stereocenters. The first-order valence-corrected chi connectivity index (χ1v) is 4.35. The van der Waals surface area contributed by atoms with Crippen LogP contribution in [0.2, 0.25) is 0 Å². The summed E-state index contributed by atoms with van der Waals surface area (Å²) in [6.45, 7) is 4.90. The van der Waals surface area contributed by atoms with Crippen LogP contribution in [0.1, 0.15) is 30.8 Å². The van der Waals surface area contributed by atoms with E-state index >= 15 is 0 Å². The summed E-state index contributed by atoms with van der Waals surface area (Å²) >= 11 is 0. The molecule has 0 aliphatic rings. The summed E-state index contributed by atoms with van der Waals surface area (Å²) in [4.78, 5) is 11.3. The summed E-state index contributed by atoms with van der Waals surface area (Å²) in [6, 6.07) is 0. The van der Waals surface area contributed by atoms with Crippen LogP contribution in [0.5, 0.6) is 0 Å². The fraction of sp³-hybridized carbons (Fsp3) is 0.625. The molecule has 1 heterocycles. The quantitative estimate of drug-likeness (QED) is 0.650. The van der Waals surface area contributed by atoms with Gasteiger partial charge in [0.1, 0.15) is 0 Å². The predicted molar refractivity (Wildman–Crippen MR) is 46.3 cm³/mol. The number of esters is 1. The van der Waals surface area contributed by atoms with Crippen molar-refractivity contribution in [2.24, 2.45) is 0 Å². The zero-order valence-corrected chi connectivity index (χ0v) is 7.86. The Morgan fingerprint density at radius 2 is 2.38 bits per heavy atom. The van der Waals surface area contributed by atoms with Crippen LogP contribution in [0.4, 0.5) is 0 Å². The average molecular weight is 183 g/mol. The summed E-state index contributed by atoms with van der Waals surface area (Å²) in [7, 11) is 0. The molecule has 0 amide bonds. The molecule has 0 saturated carbocycles. The second-order valence-corrected chi connectivity index (χ2v) is 2.57. The van der Waals surface area contributed by atoms with Crippen LogP contribution in [0, 0.1) is 0 Å². The van der Waals surface area contributed by atoms with Gasteiger partial charge in [0.2, 0.25) is 0 Å². The van der Waals surface area contributed by atoms with Gasteiger partial charge in [-0.1, -0.05) is 12.1 Å². The van der Waals surface area contributed by atoms with Crippen molar-refractivity contribution in [3.8, 4) is 0 Å². The van der Waals surface area contributed by atoms with Crippen molar-refractivity contribution in [2.45, 2.75) is 26.8 Å². The second kappa shape index (κ2) is 4.59. The Morgan fingerprint density at radius 3 is 3.00 bits per heavy atom. The molecule has 0 aromatic carbocycles. The van der Waals surface area contributed by atoms with E-state index in [1.54, 1.807) is 0 Å². The number of carbonyl (C=O) groups excluding carboxylic acids is 1. The highest BCUT2D eigenvalue weighted by atomic mass is 16.5. The molecule has 1 rings (SSSR count). The van der Waals surface area contributed by atoms with Gasteiger partial charge in [-0.15, -0.1) is 5.10 Å². The standard InChI is InChI=1S/C8H13N3O2/c1-3-5-13-8(12)7-6-9-10-11(7)4-2/h6H,3-5H2,1-2H3. The van der Waals surface area contributed by atoms with Gasteiger partial charge in [-0.3, -0.25) is 0 Å². The Kier molecular flexibility index (Phi) is 3.42. The number of carbonyl (C=O) groups is 1. The third-order valence-corrected chi connectivity index (χ3v) is 1.56. The van der Waals surface area contributed by atoms with Crippen LogP contribution in [0.25, 0.3) is 0 Å². The largest absolute Gasteiger partial charge is 0.461 e. The molecule has 0 aliphatic heterocycles. The van der Waals surface area contributed by atoms with Gasteiger partial charge in [-0.25, -0.2) is 9.48 Å². The van der Waals surface area contributed by atoms with Crippen molar-refractivity contribution in [3.63, 3.8) is 0 Å². The summed E-state index contributed by atoms with van der Waals surface area (Å²) in [6.07, 6.45) is 2.24. The maximum absolute atomic E-state index is 11.3. The van der Waals surface area contributed by atoms with Crippen LogP contribution >= 0.6 is 0 Å². The zero-order valence-electron chi connectivity index (χ0n) is 7.86. The normalized spacial score (nSPS) is 10.0.